The normalized spacial score (nSPS) is 14.7. The molecule has 0 aromatic heterocycles. The zero-order chi connectivity index (χ0) is 11.7. The van der Waals surface area contributed by atoms with Crippen LogP contribution in [-0.4, -0.2) is 25.0 Å². The van der Waals surface area contributed by atoms with Crippen molar-refractivity contribution < 1.29 is 4.79 Å². The molecule has 15 heavy (non-hydrogen) atoms. The van der Waals surface area contributed by atoms with E-state index in [1.165, 1.54) is 0 Å². The average Bonchev–Trinajstić information content (AvgIpc) is 2.25. The van der Waals surface area contributed by atoms with E-state index in [1.807, 2.05) is 0 Å². The maximum Gasteiger partial charge on any atom is 0.233 e. The lowest BCUT2D eigenvalue weighted by Crippen LogP contribution is -2.40. The van der Waals surface area contributed by atoms with E-state index in [2.05, 4.69) is 38.3 Å². The van der Waals surface area contributed by atoms with Gasteiger partial charge in [0.2, 0.25) is 5.91 Å². The van der Waals surface area contributed by atoms with Gasteiger partial charge in [0, 0.05) is 12.6 Å². The van der Waals surface area contributed by atoms with E-state index >= 15 is 0 Å². The minimum atomic E-state index is 0.110. The van der Waals surface area contributed by atoms with Crippen LogP contribution in [0.2, 0.25) is 0 Å². The van der Waals surface area contributed by atoms with E-state index in [1.54, 1.807) is 0 Å². The van der Waals surface area contributed by atoms with Gasteiger partial charge in [-0.1, -0.05) is 33.6 Å². The van der Waals surface area contributed by atoms with Gasteiger partial charge < -0.3 is 10.6 Å². The van der Waals surface area contributed by atoms with E-state index in [0.29, 0.717) is 18.5 Å². The lowest BCUT2D eigenvalue weighted by molar-refractivity contribution is -0.120. The Bertz CT molecular complexity index is 171. The van der Waals surface area contributed by atoms with Crippen LogP contribution >= 0.6 is 0 Å². The fourth-order valence-electron chi connectivity index (χ4n) is 1.28. The first-order valence-electron chi connectivity index (χ1n) is 6.11. The highest BCUT2D eigenvalue weighted by molar-refractivity contribution is 5.77. The predicted octanol–water partition coefficient (Wildman–Crippen LogP) is 1.93. The van der Waals surface area contributed by atoms with Gasteiger partial charge in [0.15, 0.2) is 0 Å². The zero-order valence-corrected chi connectivity index (χ0v) is 10.6. The smallest absolute Gasteiger partial charge is 0.233 e. The molecular weight excluding hydrogens is 188 g/mol. The van der Waals surface area contributed by atoms with Gasteiger partial charge in [-0.3, -0.25) is 4.79 Å². The maximum absolute atomic E-state index is 11.4. The Morgan fingerprint density at radius 2 is 1.93 bits per heavy atom. The molecule has 0 rings (SSSR count). The number of nitrogens with one attached hydrogen (secondary N) is 2. The first-order chi connectivity index (χ1) is 7.11. The molecule has 0 aliphatic carbocycles. The standard InChI is InChI=1S/C12H26N2O/c1-5-7-8-13-12(15)9-14-11(4)10(3)6-2/h10-11,14H,5-9H2,1-4H3,(H,13,15). The molecule has 0 aliphatic heterocycles. The van der Waals surface area contributed by atoms with Crippen molar-refractivity contribution >= 4 is 5.91 Å². The largest absolute Gasteiger partial charge is 0.355 e. The summed E-state index contributed by atoms with van der Waals surface area (Å²) >= 11 is 0. The molecule has 2 atom stereocenters. The third kappa shape index (κ3) is 7.37. The van der Waals surface area contributed by atoms with Crippen molar-refractivity contribution in [3.63, 3.8) is 0 Å². The van der Waals surface area contributed by atoms with Crippen LogP contribution in [0.15, 0.2) is 0 Å². The predicted molar refractivity (Wildman–Crippen MR) is 64.8 cm³/mol. The number of carbonyl (C=O) groups excluding carboxylic acids is 1. The maximum atomic E-state index is 11.4. The van der Waals surface area contributed by atoms with Gasteiger partial charge >= 0.3 is 0 Å². The number of hydrogen-bond acceptors (Lipinski definition) is 2. The molecule has 0 heterocycles. The summed E-state index contributed by atoms with van der Waals surface area (Å²) in [7, 11) is 0. The molecular formula is C12H26N2O. The minimum Gasteiger partial charge on any atom is -0.355 e. The summed E-state index contributed by atoms with van der Waals surface area (Å²) in [6, 6.07) is 0.409. The van der Waals surface area contributed by atoms with E-state index in [-0.39, 0.29) is 5.91 Å². The van der Waals surface area contributed by atoms with Crippen molar-refractivity contribution in [2.24, 2.45) is 5.92 Å². The van der Waals surface area contributed by atoms with Crippen molar-refractivity contribution in [3.8, 4) is 0 Å². The summed E-state index contributed by atoms with van der Waals surface area (Å²) in [5.41, 5.74) is 0. The van der Waals surface area contributed by atoms with E-state index in [4.69, 9.17) is 0 Å². The molecule has 0 saturated carbocycles. The number of carbonyl (C=O) groups is 1. The quantitative estimate of drug-likeness (QED) is 0.606. The summed E-state index contributed by atoms with van der Waals surface area (Å²) < 4.78 is 0. The summed E-state index contributed by atoms with van der Waals surface area (Å²) in [6.07, 6.45) is 3.33. The van der Waals surface area contributed by atoms with Crippen LogP contribution in [0.4, 0.5) is 0 Å². The summed E-state index contributed by atoms with van der Waals surface area (Å²) in [4.78, 5) is 11.4. The lowest BCUT2D eigenvalue weighted by atomic mass is 10.0. The SMILES string of the molecule is CCCCNC(=O)CNC(C)C(C)CC. The monoisotopic (exact) mass is 214 g/mol. The van der Waals surface area contributed by atoms with Crippen LogP contribution in [-0.2, 0) is 4.79 Å². The minimum absolute atomic E-state index is 0.110. The summed E-state index contributed by atoms with van der Waals surface area (Å²) in [6.45, 7) is 9.86. The van der Waals surface area contributed by atoms with Crippen LogP contribution in [0.5, 0.6) is 0 Å². The third-order valence-electron chi connectivity index (χ3n) is 2.93. The second-order valence-corrected chi connectivity index (χ2v) is 4.26. The van der Waals surface area contributed by atoms with Gasteiger partial charge in [0.05, 0.1) is 6.54 Å². The molecule has 3 heteroatoms. The fraction of sp³-hybridized carbons (Fsp3) is 0.917. The molecule has 0 aromatic carbocycles. The molecule has 1 amide bonds. The zero-order valence-electron chi connectivity index (χ0n) is 10.6. The second kappa shape index (κ2) is 8.72. The highest BCUT2D eigenvalue weighted by Gasteiger charge is 2.10. The number of unbranched alkanes of at least 4 members (excludes halogenated alkanes) is 1. The first kappa shape index (κ1) is 14.4. The number of rotatable bonds is 8. The molecule has 0 fully saturated rings. The van der Waals surface area contributed by atoms with E-state index in [0.717, 1.165) is 25.8 Å². The first-order valence-corrected chi connectivity index (χ1v) is 6.11. The molecule has 0 spiro atoms. The van der Waals surface area contributed by atoms with Crippen molar-refractivity contribution in [2.45, 2.75) is 53.0 Å². The Kier molecular flexibility index (Phi) is 8.38. The highest BCUT2D eigenvalue weighted by atomic mass is 16.1. The van der Waals surface area contributed by atoms with E-state index < -0.39 is 0 Å². The number of hydrogen-bond donors (Lipinski definition) is 2. The van der Waals surface area contributed by atoms with Gasteiger partial charge in [0.25, 0.3) is 0 Å². The Hall–Kier alpha value is -0.570. The van der Waals surface area contributed by atoms with Crippen molar-refractivity contribution in [1.82, 2.24) is 10.6 Å². The topological polar surface area (TPSA) is 41.1 Å². The molecule has 2 N–H and O–H groups in total. The van der Waals surface area contributed by atoms with Gasteiger partial charge in [-0.2, -0.15) is 0 Å². The van der Waals surface area contributed by atoms with Crippen LogP contribution in [0.3, 0.4) is 0 Å². The van der Waals surface area contributed by atoms with Crippen LogP contribution in [0, 0.1) is 5.92 Å². The van der Waals surface area contributed by atoms with E-state index in [9.17, 15) is 4.79 Å². The van der Waals surface area contributed by atoms with Crippen LogP contribution in [0.25, 0.3) is 0 Å². The third-order valence-corrected chi connectivity index (χ3v) is 2.93. The molecule has 0 saturated heterocycles. The average molecular weight is 214 g/mol. The van der Waals surface area contributed by atoms with Crippen LogP contribution < -0.4 is 10.6 Å². The molecule has 3 nitrogen and oxygen atoms in total. The van der Waals surface area contributed by atoms with Gasteiger partial charge in [0.1, 0.15) is 0 Å². The Morgan fingerprint density at radius 3 is 2.47 bits per heavy atom. The van der Waals surface area contributed by atoms with Gasteiger partial charge in [-0.05, 0) is 19.3 Å². The molecule has 2 unspecified atom stereocenters. The highest BCUT2D eigenvalue weighted by Crippen LogP contribution is 2.05. The lowest BCUT2D eigenvalue weighted by Gasteiger charge is -2.19. The molecule has 0 bridgehead atoms. The summed E-state index contributed by atoms with van der Waals surface area (Å²) in [5.74, 6) is 0.729. The van der Waals surface area contributed by atoms with Gasteiger partial charge in [-0.15, -0.1) is 0 Å². The van der Waals surface area contributed by atoms with Gasteiger partial charge in [-0.25, -0.2) is 0 Å². The molecule has 0 radical (unpaired) electrons. The van der Waals surface area contributed by atoms with Crippen LogP contribution in [0.1, 0.15) is 47.0 Å². The molecule has 90 valence electrons. The second-order valence-electron chi connectivity index (χ2n) is 4.26. The number of amides is 1. The molecule has 0 aliphatic rings. The molecule has 0 aromatic rings. The van der Waals surface area contributed by atoms with Crippen molar-refractivity contribution in [3.05, 3.63) is 0 Å². The Morgan fingerprint density at radius 1 is 1.27 bits per heavy atom. The Balaban J connectivity index is 3.52. The Labute approximate surface area is 94.0 Å². The van der Waals surface area contributed by atoms with Crippen molar-refractivity contribution in [1.29, 1.82) is 0 Å². The van der Waals surface area contributed by atoms with Crippen molar-refractivity contribution in [2.75, 3.05) is 13.1 Å². The fourth-order valence-corrected chi connectivity index (χ4v) is 1.28. The summed E-state index contributed by atoms with van der Waals surface area (Å²) in [5, 5.41) is 6.14.